The van der Waals surface area contributed by atoms with Gasteiger partial charge in [-0.1, -0.05) is 52.3 Å². The minimum Gasteiger partial charge on any atom is -0.322 e. The van der Waals surface area contributed by atoms with Crippen LogP contribution in [0.3, 0.4) is 0 Å². The molecule has 4 rings (SSSR count). The molecule has 0 aliphatic carbocycles. The molecule has 0 saturated carbocycles. The molecule has 3 aromatic carbocycles. The Labute approximate surface area is 164 Å². The molecule has 1 aromatic heterocycles. The Morgan fingerprint density at radius 1 is 0.926 bits per heavy atom. The summed E-state index contributed by atoms with van der Waals surface area (Å²) in [4.78, 5) is 17.6. The average Bonchev–Trinajstić information content (AvgIpc) is 2.67. The Kier molecular flexibility index (Phi) is 4.69. The van der Waals surface area contributed by atoms with Crippen molar-refractivity contribution in [2.75, 3.05) is 5.32 Å². The molecule has 0 saturated heterocycles. The Morgan fingerprint density at radius 3 is 2.48 bits per heavy atom. The summed E-state index contributed by atoms with van der Waals surface area (Å²) >= 11 is 3.42. The summed E-state index contributed by atoms with van der Waals surface area (Å²) in [6, 6.07) is 22.8. The second-order valence-electron chi connectivity index (χ2n) is 6.04. The molecule has 0 radical (unpaired) electrons. The highest BCUT2D eigenvalue weighted by molar-refractivity contribution is 9.10. The maximum atomic E-state index is 13.4. The second kappa shape index (κ2) is 7.29. The normalized spacial score (nSPS) is 10.7. The maximum Gasteiger partial charge on any atom is 0.256 e. The number of aromatic nitrogens is 1. The molecule has 0 spiro atoms. The van der Waals surface area contributed by atoms with E-state index >= 15 is 0 Å². The zero-order valence-corrected chi connectivity index (χ0v) is 15.7. The average molecular weight is 421 g/mol. The number of nitrogens with zero attached hydrogens (tertiary/aromatic N) is 1. The van der Waals surface area contributed by atoms with E-state index in [1.807, 2.05) is 48.5 Å². The summed E-state index contributed by atoms with van der Waals surface area (Å²) in [7, 11) is 0. The van der Waals surface area contributed by atoms with Gasteiger partial charge in [-0.25, -0.2) is 9.37 Å². The van der Waals surface area contributed by atoms with E-state index in [2.05, 4.69) is 26.2 Å². The lowest BCUT2D eigenvalue weighted by Crippen LogP contribution is -2.13. The van der Waals surface area contributed by atoms with Gasteiger partial charge in [-0.3, -0.25) is 4.79 Å². The Bertz CT molecular complexity index is 1140. The fourth-order valence-electron chi connectivity index (χ4n) is 2.90. The van der Waals surface area contributed by atoms with E-state index in [4.69, 9.17) is 0 Å². The monoisotopic (exact) mass is 420 g/mol. The van der Waals surface area contributed by atoms with Crippen molar-refractivity contribution in [2.24, 2.45) is 0 Å². The molecule has 0 aliphatic heterocycles. The third-order valence-electron chi connectivity index (χ3n) is 4.18. The number of halogens is 2. The van der Waals surface area contributed by atoms with Gasteiger partial charge in [0.25, 0.3) is 5.91 Å². The third kappa shape index (κ3) is 3.73. The third-order valence-corrected chi connectivity index (χ3v) is 4.71. The van der Waals surface area contributed by atoms with Crippen LogP contribution in [0.15, 0.2) is 83.3 Å². The van der Waals surface area contributed by atoms with Gasteiger partial charge in [0.15, 0.2) is 0 Å². The predicted octanol–water partition coefficient (Wildman–Crippen LogP) is 6.06. The fourth-order valence-corrected chi connectivity index (χ4v) is 3.16. The maximum absolute atomic E-state index is 13.4. The van der Waals surface area contributed by atoms with E-state index in [1.54, 1.807) is 18.2 Å². The van der Waals surface area contributed by atoms with Crippen molar-refractivity contribution in [3.8, 4) is 11.3 Å². The summed E-state index contributed by atoms with van der Waals surface area (Å²) < 4.78 is 14.4. The highest BCUT2D eigenvalue weighted by Gasteiger charge is 2.14. The van der Waals surface area contributed by atoms with Gasteiger partial charge in [0.2, 0.25) is 0 Å². The van der Waals surface area contributed by atoms with Crippen LogP contribution < -0.4 is 5.32 Å². The van der Waals surface area contributed by atoms with E-state index in [9.17, 15) is 9.18 Å². The number of hydrogen-bond donors (Lipinski definition) is 1. The van der Waals surface area contributed by atoms with Crippen molar-refractivity contribution in [3.63, 3.8) is 0 Å². The quantitative estimate of drug-likeness (QED) is 0.437. The molecule has 3 nitrogen and oxygen atoms in total. The minimum absolute atomic E-state index is 0.308. The number of pyridine rings is 1. The van der Waals surface area contributed by atoms with Gasteiger partial charge >= 0.3 is 0 Å². The summed E-state index contributed by atoms with van der Waals surface area (Å²) in [6.45, 7) is 0. The molecule has 0 atom stereocenters. The lowest BCUT2D eigenvalue weighted by molar-refractivity contribution is 0.102. The van der Waals surface area contributed by atoms with Gasteiger partial charge < -0.3 is 5.32 Å². The van der Waals surface area contributed by atoms with Crippen molar-refractivity contribution in [1.29, 1.82) is 0 Å². The van der Waals surface area contributed by atoms with Crippen molar-refractivity contribution in [1.82, 2.24) is 4.98 Å². The molecule has 0 bridgehead atoms. The standard InChI is InChI=1S/C22H14BrFN2O/c23-15-10-8-14(9-11-15)21-13-19(18-6-1-2-7-20(18)26-21)22(27)25-17-5-3-4-16(24)12-17/h1-13H,(H,25,27). The first-order valence-electron chi connectivity index (χ1n) is 8.33. The molecule has 27 heavy (non-hydrogen) atoms. The number of carbonyl (C=O) groups is 1. The van der Waals surface area contributed by atoms with E-state index in [0.717, 1.165) is 20.9 Å². The van der Waals surface area contributed by atoms with Gasteiger partial charge in [0, 0.05) is 21.1 Å². The predicted molar refractivity (Wildman–Crippen MR) is 109 cm³/mol. The SMILES string of the molecule is O=C(Nc1cccc(F)c1)c1cc(-c2ccc(Br)cc2)nc2ccccc12. The molecular formula is C22H14BrFN2O. The van der Waals surface area contributed by atoms with Crippen molar-refractivity contribution >= 4 is 38.4 Å². The van der Waals surface area contributed by atoms with Crippen molar-refractivity contribution in [2.45, 2.75) is 0 Å². The summed E-state index contributed by atoms with van der Waals surface area (Å²) in [6.07, 6.45) is 0. The van der Waals surface area contributed by atoms with E-state index in [-0.39, 0.29) is 5.91 Å². The topological polar surface area (TPSA) is 42.0 Å². The molecule has 0 fully saturated rings. The van der Waals surface area contributed by atoms with Crippen LogP contribution in [-0.4, -0.2) is 10.9 Å². The lowest BCUT2D eigenvalue weighted by atomic mass is 10.0. The molecule has 4 aromatic rings. The molecule has 5 heteroatoms. The van der Waals surface area contributed by atoms with Gasteiger partial charge in [0.1, 0.15) is 5.82 Å². The summed E-state index contributed by atoms with van der Waals surface area (Å²) in [5.74, 6) is -0.708. The van der Waals surface area contributed by atoms with Crippen LogP contribution in [0.1, 0.15) is 10.4 Å². The Morgan fingerprint density at radius 2 is 1.70 bits per heavy atom. The zero-order chi connectivity index (χ0) is 18.8. The first kappa shape index (κ1) is 17.4. The van der Waals surface area contributed by atoms with Crippen molar-refractivity contribution < 1.29 is 9.18 Å². The van der Waals surface area contributed by atoms with Crippen LogP contribution in [0.5, 0.6) is 0 Å². The number of hydrogen-bond acceptors (Lipinski definition) is 2. The highest BCUT2D eigenvalue weighted by atomic mass is 79.9. The smallest absolute Gasteiger partial charge is 0.256 e. The van der Waals surface area contributed by atoms with E-state index in [1.165, 1.54) is 12.1 Å². The van der Waals surface area contributed by atoms with Crippen LogP contribution in [0, 0.1) is 5.82 Å². The van der Waals surface area contributed by atoms with Gasteiger partial charge in [-0.05, 0) is 42.5 Å². The molecule has 0 aliphatic rings. The number of para-hydroxylation sites is 1. The lowest BCUT2D eigenvalue weighted by Gasteiger charge is -2.11. The number of carbonyl (C=O) groups excluding carboxylic acids is 1. The molecule has 1 N–H and O–H groups in total. The Balaban J connectivity index is 1.80. The van der Waals surface area contributed by atoms with E-state index < -0.39 is 5.82 Å². The highest BCUT2D eigenvalue weighted by Crippen LogP contribution is 2.26. The zero-order valence-electron chi connectivity index (χ0n) is 14.1. The Hall–Kier alpha value is -3.05. The largest absolute Gasteiger partial charge is 0.322 e. The molecule has 0 unspecified atom stereocenters. The van der Waals surface area contributed by atoms with Gasteiger partial charge in [-0.2, -0.15) is 0 Å². The van der Waals surface area contributed by atoms with E-state index in [0.29, 0.717) is 16.9 Å². The number of benzene rings is 3. The molecule has 1 heterocycles. The number of nitrogens with one attached hydrogen (secondary N) is 1. The second-order valence-corrected chi connectivity index (χ2v) is 6.96. The van der Waals surface area contributed by atoms with Gasteiger partial charge in [0.05, 0.1) is 16.8 Å². The first-order valence-corrected chi connectivity index (χ1v) is 9.12. The number of rotatable bonds is 3. The van der Waals surface area contributed by atoms with Crippen LogP contribution in [0.25, 0.3) is 22.2 Å². The summed E-state index contributed by atoms with van der Waals surface area (Å²) in [5, 5.41) is 3.51. The minimum atomic E-state index is -0.400. The first-order chi connectivity index (χ1) is 13.1. The number of fused-ring (bicyclic) bond motifs is 1. The number of anilines is 1. The van der Waals surface area contributed by atoms with Crippen LogP contribution >= 0.6 is 15.9 Å². The van der Waals surface area contributed by atoms with Crippen LogP contribution in [-0.2, 0) is 0 Å². The molecular weight excluding hydrogens is 407 g/mol. The van der Waals surface area contributed by atoms with Crippen LogP contribution in [0.4, 0.5) is 10.1 Å². The fraction of sp³-hybridized carbons (Fsp3) is 0. The molecule has 1 amide bonds. The van der Waals surface area contributed by atoms with Gasteiger partial charge in [-0.15, -0.1) is 0 Å². The summed E-state index contributed by atoms with van der Waals surface area (Å²) in [5.41, 5.74) is 3.23. The van der Waals surface area contributed by atoms with Crippen molar-refractivity contribution in [3.05, 3.63) is 94.7 Å². The number of amides is 1. The molecule has 132 valence electrons. The van der Waals surface area contributed by atoms with Crippen LogP contribution in [0.2, 0.25) is 0 Å².